The maximum Gasteiger partial charge on any atom is 0.326 e. The Hall–Kier alpha value is -2.89. The molecule has 0 aliphatic rings. The van der Waals surface area contributed by atoms with E-state index in [1.54, 1.807) is 24.3 Å². The fourth-order valence-electron chi connectivity index (χ4n) is 1.89. The van der Waals surface area contributed by atoms with Crippen LogP contribution in [0.1, 0.15) is 16.1 Å². The van der Waals surface area contributed by atoms with Crippen LogP contribution >= 0.6 is 0 Å². The first-order chi connectivity index (χ1) is 10.1. The molecule has 1 aromatic carbocycles. The van der Waals surface area contributed by atoms with E-state index in [-0.39, 0.29) is 12.1 Å². The van der Waals surface area contributed by atoms with Crippen molar-refractivity contribution in [2.45, 2.75) is 12.5 Å². The highest BCUT2D eigenvalue weighted by molar-refractivity contribution is 5.93. The molecule has 0 aliphatic carbocycles. The van der Waals surface area contributed by atoms with Crippen molar-refractivity contribution in [1.29, 1.82) is 0 Å². The normalized spacial score (nSPS) is 11.6. The van der Waals surface area contributed by atoms with Crippen LogP contribution in [0.15, 0.2) is 54.7 Å². The van der Waals surface area contributed by atoms with Gasteiger partial charge in [-0.3, -0.25) is 4.79 Å². The highest BCUT2D eigenvalue weighted by Crippen LogP contribution is 2.04. The third-order valence-corrected chi connectivity index (χ3v) is 2.94. The van der Waals surface area contributed by atoms with Gasteiger partial charge in [0.15, 0.2) is 6.20 Å². The predicted octanol–water partition coefficient (Wildman–Crippen LogP) is 0.746. The van der Waals surface area contributed by atoms with Gasteiger partial charge in [-0.05, 0) is 11.6 Å². The molecular weight excluding hydrogens is 272 g/mol. The standard InChI is InChI=1S/C15H14N2O4/c18-14(13-8-4-5-9-17(13)21)16-12(15(19)20)10-11-6-2-1-3-7-11/h1-9,12H,10H2,(H,16,18)(H,19,20)/t12-/m1/s1. The van der Waals surface area contributed by atoms with Gasteiger partial charge < -0.3 is 15.6 Å². The van der Waals surface area contributed by atoms with Gasteiger partial charge in [0.05, 0.1) is 0 Å². The minimum Gasteiger partial charge on any atom is -0.618 e. The zero-order valence-corrected chi connectivity index (χ0v) is 11.1. The zero-order chi connectivity index (χ0) is 15.2. The van der Waals surface area contributed by atoms with E-state index in [1.165, 1.54) is 24.4 Å². The van der Waals surface area contributed by atoms with Gasteiger partial charge >= 0.3 is 11.9 Å². The summed E-state index contributed by atoms with van der Waals surface area (Å²) in [6.07, 6.45) is 1.33. The fourth-order valence-corrected chi connectivity index (χ4v) is 1.89. The van der Waals surface area contributed by atoms with Crippen molar-refractivity contribution in [1.82, 2.24) is 5.32 Å². The number of carbonyl (C=O) groups excluding carboxylic acids is 1. The Morgan fingerprint density at radius 2 is 1.81 bits per heavy atom. The molecule has 2 N–H and O–H groups in total. The van der Waals surface area contributed by atoms with E-state index in [4.69, 9.17) is 0 Å². The predicted molar refractivity (Wildman–Crippen MR) is 74.4 cm³/mol. The van der Waals surface area contributed by atoms with Crippen molar-refractivity contribution >= 4 is 11.9 Å². The molecule has 6 heteroatoms. The largest absolute Gasteiger partial charge is 0.618 e. The summed E-state index contributed by atoms with van der Waals surface area (Å²) in [5, 5.41) is 23.0. The SMILES string of the molecule is O=C(N[C@H](Cc1ccccc1)C(=O)O)c1cccc[n+]1[O-]. The Morgan fingerprint density at radius 3 is 2.43 bits per heavy atom. The fraction of sp³-hybridized carbons (Fsp3) is 0.133. The van der Waals surface area contributed by atoms with Gasteiger partial charge in [-0.1, -0.05) is 30.3 Å². The second-order valence-electron chi connectivity index (χ2n) is 4.47. The van der Waals surface area contributed by atoms with Crippen molar-refractivity contribution in [2.24, 2.45) is 0 Å². The number of hydrogen-bond donors (Lipinski definition) is 2. The van der Waals surface area contributed by atoms with Crippen LogP contribution in [0.3, 0.4) is 0 Å². The molecular formula is C15H14N2O4. The lowest BCUT2D eigenvalue weighted by Crippen LogP contribution is -2.46. The number of amides is 1. The molecule has 0 aliphatic heterocycles. The first-order valence-electron chi connectivity index (χ1n) is 6.33. The molecule has 0 spiro atoms. The average molecular weight is 286 g/mol. The van der Waals surface area contributed by atoms with Crippen molar-refractivity contribution in [2.75, 3.05) is 0 Å². The lowest BCUT2D eigenvalue weighted by molar-refractivity contribution is -0.607. The Kier molecular flexibility index (Phi) is 4.50. The molecule has 2 rings (SSSR count). The monoisotopic (exact) mass is 286 g/mol. The summed E-state index contributed by atoms with van der Waals surface area (Å²) >= 11 is 0. The van der Waals surface area contributed by atoms with Gasteiger partial charge in [-0.25, -0.2) is 4.79 Å². The van der Waals surface area contributed by atoms with Crippen molar-refractivity contribution in [3.63, 3.8) is 0 Å². The molecule has 2 aromatic rings. The van der Waals surface area contributed by atoms with E-state index < -0.39 is 17.9 Å². The van der Waals surface area contributed by atoms with Gasteiger partial charge in [-0.15, -0.1) is 0 Å². The number of aliphatic carboxylic acids is 1. The number of pyridine rings is 1. The van der Waals surface area contributed by atoms with Crippen LogP contribution in [0.4, 0.5) is 0 Å². The van der Waals surface area contributed by atoms with Crippen molar-refractivity contribution in [3.05, 3.63) is 71.2 Å². The summed E-state index contributed by atoms with van der Waals surface area (Å²) in [6, 6.07) is 12.2. The lowest BCUT2D eigenvalue weighted by Gasteiger charge is -2.14. The third kappa shape index (κ3) is 3.79. The van der Waals surface area contributed by atoms with E-state index >= 15 is 0 Å². The van der Waals surface area contributed by atoms with Gasteiger partial charge in [0.1, 0.15) is 6.04 Å². The molecule has 1 heterocycles. The molecule has 0 unspecified atom stereocenters. The number of hydrogen-bond acceptors (Lipinski definition) is 3. The van der Waals surface area contributed by atoms with Gasteiger partial charge in [0, 0.05) is 18.6 Å². The second kappa shape index (κ2) is 6.51. The topological polar surface area (TPSA) is 93.3 Å². The molecule has 108 valence electrons. The van der Waals surface area contributed by atoms with Gasteiger partial charge in [-0.2, -0.15) is 4.73 Å². The van der Waals surface area contributed by atoms with E-state index in [2.05, 4.69) is 5.32 Å². The molecule has 1 amide bonds. The minimum atomic E-state index is -1.15. The molecule has 0 bridgehead atoms. The van der Waals surface area contributed by atoms with E-state index in [9.17, 15) is 19.9 Å². The number of nitrogens with zero attached hydrogens (tertiary/aromatic N) is 1. The van der Waals surface area contributed by atoms with E-state index in [0.29, 0.717) is 4.73 Å². The first kappa shape index (κ1) is 14.5. The highest BCUT2D eigenvalue weighted by Gasteiger charge is 2.24. The molecule has 0 radical (unpaired) electrons. The number of benzene rings is 1. The highest BCUT2D eigenvalue weighted by atomic mass is 16.5. The van der Waals surface area contributed by atoms with Crippen molar-refractivity contribution in [3.8, 4) is 0 Å². The Bertz CT molecular complexity index is 643. The van der Waals surface area contributed by atoms with Crippen molar-refractivity contribution < 1.29 is 19.4 Å². The van der Waals surface area contributed by atoms with Crippen LogP contribution in [0, 0.1) is 5.21 Å². The van der Waals surface area contributed by atoms with Crippen LogP contribution in [0.2, 0.25) is 0 Å². The summed E-state index contributed by atoms with van der Waals surface area (Å²) < 4.78 is 0.400. The molecule has 1 atom stereocenters. The summed E-state index contributed by atoms with van der Waals surface area (Å²) in [7, 11) is 0. The van der Waals surface area contributed by atoms with Gasteiger partial charge in [0.2, 0.25) is 0 Å². The number of nitrogens with one attached hydrogen (secondary N) is 1. The number of rotatable bonds is 5. The second-order valence-corrected chi connectivity index (χ2v) is 4.47. The molecule has 0 fully saturated rings. The third-order valence-electron chi connectivity index (χ3n) is 2.94. The smallest absolute Gasteiger partial charge is 0.326 e. The van der Waals surface area contributed by atoms with Crippen LogP contribution in [0.25, 0.3) is 0 Å². The first-order valence-corrected chi connectivity index (χ1v) is 6.33. The van der Waals surface area contributed by atoms with Gasteiger partial charge in [0.25, 0.3) is 5.69 Å². The maximum absolute atomic E-state index is 12.0. The average Bonchev–Trinajstić information content (AvgIpc) is 2.48. The minimum absolute atomic E-state index is 0.142. The molecule has 1 aromatic heterocycles. The van der Waals surface area contributed by atoms with Crippen LogP contribution in [-0.4, -0.2) is 23.0 Å². The lowest BCUT2D eigenvalue weighted by atomic mass is 10.1. The summed E-state index contributed by atoms with van der Waals surface area (Å²) in [5.41, 5.74) is 0.644. The molecule has 0 saturated heterocycles. The number of carboxylic acid groups (broad SMARTS) is 1. The molecule has 6 nitrogen and oxygen atoms in total. The Labute approximate surface area is 121 Å². The van der Waals surface area contributed by atoms with E-state index in [1.807, 2.05) is 6.07 Å². The van der Waals surface area contributed by atoms with Crippen LogP contribution in [-0.2, 0) is 11.2 Å². The Morgan fingerprint density at radius 1 is 1.14 bits per heavy atom. The van der Waals surface area contributed by atoms with Crippen LogP contribution in [0.5, 0.6) is 0 Å². The summed E-state index contributed by atoms with van der Waals surface area (Å²) in [4.78, 5) is 23.2. The number of carbonyl (C=O) groups is 2. The summed E-state index contributed by atoms with van der Waals surface area (Å²) in [6.45, 7) is 0. The molecule has 21 heavy (non-hydrogen) atoms. The maximum atomic E-state index is 12.0. The molecule has 0 saturated carbocycles. The zero-order valence-electron chi connectivity index (χ0n) is 11.1. The quantitative estimate of drug-likeness (QED) is 0.626. The number of carboxylic acids is 1. The van der Waals surface area contributed by atoms with Crippen LogP contribution < -0.4 is 10.0 Å². The summed E-state index contributed by atoms with van der Waals surface area (Å²) in [5.74, 6) is -1.87. The number of aromatic nitrogens is 1. The Balaban J connectivity index is 2.12. The van der Waals surface area contributed by atoms with E-state index in [0.717, 1.165) is 5.56 Å².